The first-order valence-electron chi connectivity index (χ1n) is 7.50. The number of nitrogens with zero attached hydrogens (tertiary/aromatic N) is 2. The van der Waals surface area contributed by atoms with Crippen LogP contribution in [0.25, 0.3) is 0 Å². The number of ether oxygens (including phenoxy) is 1. The van der Waals surface area contributed by atoms with Gasteiger partial charge in [-0.2, -0.15) is 5.26 Å². The van der Waals surface area contributed by atoms with E-state index in [9.17, 15) is 14.4 Å². The predicted molar refractivity (Wildman–Crippen MR) is 88.3 cm³/mol. The van der Waals surface area contributed by atoms with Crippen molar-refractivity contribution in [1.29, 1.82) is 5.26 Å². The SMILES string of the molecule is N#Cc1ccc(OC(=O)C(=O)c2ccc(N3CCNC3=O)cc2)cc1. The zero-order chi connectivity index (χ0) is 17.8. The Labute approximate surface area is 143 Å². The van der Waals surface area contributed by atoms with Crippen LogP contribution in [0.2, 0.25) is 0 Å². The maximum atomic E-state index is 12.1. The lowest BCUT2D eigenvalue weighted by Crippen LogP contribution is -2.27. The highest BCUT2D eigenvalue weighted by atomic mass is 16.5. The van der Waals surface area contributed by atoms with E-state index >= 15 is 0 Å². The van der Waals surface area contributed by atoms with Gasteiger partial charge in [-0.1, -0.05) is 0 Å². The molecule has 25 heavy (non-hydrogen) atoms. The topological polar surface area (TPSA) is 99.5 Å². The third-order valence-electron chi connectivity index (χ3n) is 3.68. The number of ketones is 1. The Hall–Kier alpha value is -3.66. The lowest BCUT2D eigenvalue weighted by atomic mass is 10.1. The van der Waals surface area contributed by atoms with Gasteiger partial charge in [-0.3, -0.25) is 9.69 Å². The summed E-state index contributed by atoms with van der Waals surface area (Å²) in [4.78, 5) is 37.2. The van der Waals surface area contributed by atoms with E-state index in [1.165, 1.54) is 36.4 Å². The number of amides is 2. The molecule has 1 fully saturated rings. The van der Waals surface area contributed by atoms with E-state index in [0.717, 1.165) is 0 Å². The number of Topliss-reactive ketones (excluding diaryl/α,β-unsaturated/α-hetero) is 1. The van der Waals surface area contributed by atoms with Crippen molar-refractivity contribution in [1.82, 2.24) is 5.32 Å². The fraction of sp³-hybridized carbons (Fsp3) is 0.111. The average molecular weight is 335 g/mol. The summed E-state index contributed by atoms with van der Waals surface area (Å²) in [5.74, 6) is -1.62. The molecule has 0 aliphatic carbocycles. The standard InChI is InChI=1S/C18H13N3O4/c19-11-12-1-7-15(8-2-12)25-17(23)16(22)13-3-5-14(6-4-13)21-10-9-20-18(21)24/h1-8H,9-10H2,(H,20,24). The van der Waals surface area contributed by atoms with Crippen molar-refractivity contribution < 1.29 is 19.1 Å². The van der Waals surface area contributed by atoms with Crippen molar-refractivity contribution in [3.8, 4) is 11.8 Å². The molecule has 2 aromatic rings. The first-order valence-corrected chi connectivity index (χ1v) is 7.50. The fourth-order valence-electron chi connectivity index (χ4n) is 2.38. The van der Waals surface area contributed by atoms with E-state index in [2.05, 4.69) is 5.32 Å². The van der Waals surface area contributed by atoms with Gasteiger partial charge in [-0.15, -0.1) is 0 Å². The van der Waals surface area contributed by atoms with E-state index in [1.807, 2.05) is 6.07 Å². The summed E-state index contributed by atoms with van der Waals surface area (Å²) < 4.78 is 5.00. The van der Waals surface area contributed by atoms with E-state index in [1.54, 1.807) is 17.0 Å². The maximum Gasteiger partial charge on any atom is 0.385 e. The van der Waals surface area contributed by atoms with Crippen molar-refractivity contribution in [2.24, 2.45) is 0 Å². The van der Waals surface area contributed by atoms with Crippen LogP contribution in [0.3, 0.4) is 0 Å². The Morgan fingerprint density at radius 2 is 1.76 bits per heavy atom. The van der Waals surface area contributed by atoms with E-state index in [4.69, 9.17) is 10.00 Å². The molecule has 2 aromatic carbocycles. The zero-order valence-electron chi connectivity index (χ0n) is 13.1. The van der Waals surface area contributed by atoms with Crippen LogP contribution in [0.5, 0.6) is 5.75 Å². The highest BCUT2D eigenvalue weighted by Gasteiger charge is 2.23. The average Bonchev–Trinajstić information content (AvgIpc) is 3.08. The number of esters is 1. The Morgan fingerprint density at radius 3 is 2.32 bits per heavy atom. The Bertz CT molecular complexity index is 867. The molecule has 1 saturated heterocycles. The number of nitrogens with one attached hydrogen (secondary N) is 1. The molecule has 0 aromatic heterocycles. The van der Waals surface area contributed by atoms with Gasteiger partial charge < -0.3 is 10.1 Å². The Morgan fingerprint density at radius 1 is 1.08 bits per heavy atom. The van der Waals surface area contributed by atoms with Gasteiger partial charge in [0.2, 0.25) is 0 Å². The van der Waals surface area contributed by atoms with Crippen LogP contribution >= 0.6 is 0 Å². The van der Waals surface area contributed by atoms with Crippen LogP contribution in [0.1, 0.15) is 15.9 Å². The van der Waals surface area contributed by atoms with Crippen molar-refractivity contribution in [2.45, 2.75) is 0 Å². The second kappa shape index (κ2) is 6.84. The molecule has 0 unspecified atom stereocenters. The molecule has 0 radical (unpaired) electrons. The highest BCUT2D eigenvalue weighted by molar-refractivity contribution is 6.41. The predicted octanol–water partition coefficient (Wildman–Crippen LogP) is 1.88. The lowest BCUT2D eigenvalue weighted by molar-refractivity contribution is -0.129. The van der Waals surface area contributed by atoms with Crippen molar-refractivity contribution in [2.75, 3.05) is 18.0 Å². The summed E-state index contributed by atoms with van der Waals surface area (Å²) in [6.45, 7) is 1.11. The van der Waals surface area contributed by atoms with Gasteiger partial charge in [0.25, 0.3) is 5.78 Å². The fourth-order valence-corrected chi connectivity index (χ4v) is 2.38. The molecular weight excluding hydrogens is 322 g/mol. The Kier molecular flexibility index (Phi) is 4.44. The van der Waals surface area contributed by atoms with Crippen LogP contribution in [-0.4, -0.2) is 30.9 Å². The summed E-state index contributed by atoms with van der Waals surface area (Å²) in [5.41, 5.74) is 1.24. The highest BCUT2D eigenvalue weighted by Crippen LogP contribution is 2.18. The maximum absolute atomic E-state index is 12.1. The molecule has 7 nitrogen and oxygen atoms in total. The minimum absolute atomic E-state index is 0.169. The number of hydrogen-bond acceptors (Lipinski definition) is 5. The number of hydrogen-bond donors (Lipinski definition) is 1. The van der Waals surface area contributed by atoms with Crippen LogP contribution in [0.4, 0.5) is 10.5 Å². The first-order chi connectivity index (χ1) is 12.1. The van der Waals surface area contributed by atoms with Gasteiger partial charge in [0.1, 0.15) is 5.75 Å². The molecule has 0 bridgehead atoms. The number of carbonyl (C=O) groups excluding carboxylic acids is 3. The van der Waals surface area contributed by atoms with Crippen molar-refractivity contribution in [3.63, 3.8) is 0 Å². The van der Waals surface area contributed by atoms with E-state index in [-0.39, 0.29) is 17.3 Å². The number of anilines is 1. The summed E-state index contributed by atoms with van der Waals surface area (Å²) in [6, 6.07) is 13.8. The molecule has 1 aliphatic heterocycles. The van der Waals surface area contributed by atoms with Crippen LogP contribution in [-0.2, 0) is 4.79 Å². The second-order valence-electron chi connectivity index (χ2n) is 5.29. The third-order valence-corrected chi connectivity index (χ3v) is 3.68. The summed E-state index contributed by atoms with van der Waals surface area (Å²) >= 11 is 0. The molecule has 0 saturated carbocycles. The molecule has 1 N–H and O–H groups in total. The second-order valence-corrected chi connectivity index (χ2v) is 5.29. The minimum atomic E-state index is -1.02. The van der Waals surface area contributed by atoms with Gasteiger partial charge in [0.15, 0.2) is 0 Å². The number of carbonyl (C=O) groups is 3. The quantitative estimate of drug-likeness (QED) is 0.398. The van der Waals surface area contributed by atoms with Gasteiger partial charge >= 0.3 is 12.0 Å². The summed E-state index contributed by atoms with van der Waals surface area (Å²) in [6.07, 6.45) is 0. The Balaban J connectivity index is 1.68. The van der Waals surface area contributed by atoms with Crippen molar-refractivity contribution in [3.05, 3.63) is 59.7 Å². The number of rotatable bonds is 4. The molecule has 3 rings (SSSR count). The van der Waals surface area contributed by atoms with Crippen molar-refractivity contribution >= 4 is 23.5 Å². The van der Waals surface area contributed by atoms with Crippen LogP contribution in [0, 0.1) is 11.3 Å². The summed E-state index contributed by atoms with van der Waals surface area (Å²) in [5, 5.41) is 11.4. The monoisotopic (exact) mass is 335 g/mol. The normalized spacial score (nSPS) is 13.1. The van der Waals surface area contributed by atoms with Gasteiger partial charge in [-0.25, -0.2) is 9.59 Å². The lowest BCUT2D eigenvalue weighted by Gasteiger charge is -2.14. The van der Waals surface area contributed by atoms with Gasteiger partial charge in [0.05, 0.1) is 11.6 Å². The molecule has 0 atom stereocenters. The van der Waals surface area contributed by atoms with Gasteiger partial charge in [-0.05, 0) is 48.5 Å². The van der Waals surface area contributed by atoms with Crippen LogP contribution in [0.15, 0.2) is 48.5 Å². The first kappa shape index (κ1) is 16.2. The molecule has 0 spiro atoms. The third kappa shape index (κ3) is 3.48. The minimum Gasteiger partial charge on any atom is -0.421 e. The number of nitriles is 1. The molecule has 2 amide bonds. The van der Waals surface area contributed by atoms with E-state index in [0.29, 0.717) is 24.3 Å². The molecule has 1 heterocycles. The molecule has 1 aliphatic rings. The van der Waals surface area contributed by atoms with Crippen LogP contribution < -0.4 is 15.0 Å². The summed E-state index contributed by atoms with van der Waals surface area (Å²) in [7, 11) is 0. The number of urea groups is 1. The molecular formula is C18H13N3O4. The van der Waals surface area contributed by atoms with E-state index < -0.39 is 11.8 Å². The molecule has 124 valence electrons. The molecule has 7 heteroatoms. The van der Waals surface area contributed by atoms with Gasteiger partial charge in [0, 0.05) is 24.3 Å². The zero-order valence-corrected chi connectivity index (χ0v) is 13.1. The number of benzene rings is 2. The largest absolute Gasteiger partial charge is 0.421 e. The smallest absolute Gasteiger partial charge is 0.385 e.